The first-order valence-electron chi connectivity index (χ1n) is 7.82. The second-order valence-electron chi connectivity index (χ2n) is 6.18. The third-order valence-corrected chi connectivity index (χ3v) is 4.22. The van der Waals surface area contributed by atoms with E-state index in [2.05, 4.69) is 20.0 Å². The lowest BCUT2D eigenvalue weighted by Gasteiger charge is -2.32. The van der Waals surface area contributed by atoms with Gasteiger partial charge in [0.05, 0.1) is 4.92 Å². The second-order valence-corrected chi connectivity index (χ2v) is 6.18. The van der Waals surface area contributed by atoms with Crippen molar-refractivity contribution in [3.63, 3.8) is 0 Å². The lowest BCUT2D eigenvalue weighted by Crippen LogP contribution is -2.34. The molecule has 0 bridgehead atoms. The molecule has 0 aliphatic carbocycles. The Kier molecular flexibility index (Phi) is 4.32. The van der Waals surface area contributed by atoms with E-state index in [4.69, 9.17) is 4.52 Å². The van der Waals surface area contributed by atoms with Gasteiger partial charge in [0.2, 0.25) is 5.89 Å². The van der Waals surface area contributed by atoms with E-state index in [0.29, 0.717) is 11.8 Å². The molecule has 9 nitrogen and oxygen atoms in total. The summed E-state index contributed by atoms with van der Waals surface area (Å²) in [6.45, 7) is 3.45. The first-order chi connectivity index (χ1) is 11.5. The van der Waals surface area contributed by atoms with Gasteiger partial charge in [-0.1, -0.05) is 0 Å². The van der Waals surface area contributed by atoms with E-state index >= 15 is 0 Å². The number of rotatable bonds is 4. The maximum Gasteiger partial charge on any atom is 0.287 e. The number of hydrogen-bond donors (Lipinski definition) is 0. The smallest absolute Gasteiger partial charge is 0.287 e. The highest BCUT2D eigenvalue weighted by atomic mass is 16.6. The number of nitrogens with zero attached hydrogens (tertiary/aromatic N) is 6. The zero-order valence-electron chi connectivity index (χ0n) is 14.0. The standard InChI is InChI=1S/C15H20N6O3/c1-10-8-12(21(22)23)9-16-13(10)20-6-4-11(5-7-20)14-17-15(18-24-14)19(2)3/h8-9,11H,4-7H2,1-3H3. The average Bonchev–Trinajstić information content (AvgIpc) is 3.05. The first kappa shape index (κ1) is 16.2. The van der Waals surface area contributed by atoms with Crippen LogP contribution in [0.25, 0.3) is 0 Å². The molecule has 1 fully saturated rings. The molecule has 0 atom stereocenters. The molecule has 0 N–H and O–H groups in total. The van der Waals surface area contributed by atoms with Gasteiger partial charge < -0.3 is 14.3 Å². The topological polar surface area (TPSA) is 101 Å². The second kappa shape index (κ2) is 6.42. The summed E-state index contributed by atoms with van der Waals surface area (Å²) in [6, 6.07) is 1.57. The van der Waals surface area contributed by atoms with Crippen LogP contribution in [0.5, 0.6) is 0 Å². The van der Waals surface area contributed by atoms with Crippen molar-refractivity contribution in [3.8, 4) is 0 Å². The fourth-order valence-corrected chi connectivity index (χ4v) is 2.90. The number of nitro groups is 1. The fourth-order valence-electron chi connectivity index (χ4n) is 2.90. The minimum Gasteiger partial charge on any atom is -0.356 e. The van der Waals surface area contributed by atoms with Crippen LogP contribution in [0.3, 0.4) is 0 Å². The van der Waals surface area contributed by atoms with Gasteiger partial charge in [-0.05, 0) is 30.5 Å². The molecule has 3 heterocycles. The molecule has 9 heteroatoms. The van der Waals surface area contributed by atoms with Crippen LogP contribution in [0.1, 0.15) is 30.2 Å². The normalized spacial score (nSPS) is 15.5. The van der Waals surface area contributed by atoms with Gasteiger partial charge in [-0.3, -0.25) is 10.1 Å². The van der Waals surface area contributed by atoms with Crippen LogP contribution in [-0.2, 0) is 0 Å². The molecular weight excluding hydrogens is 312 g/mol. The van der Waals surface area contributed by atoms with Crippen molar-refractivity contribution in [2.45, 2.75) is 25.7 Å². The van der Waals surface area contributed by atoms with Gasteiger partial charge in [-0.25, -0.2) is 4.98 Å². The zero-order chi connectivity index (χ0) is 17.3. The Morgan fingerprint density at radius 1 is 1.38 bits per heavy atom. The summed E-state index contributed by atoms with van der Waals surface area (Å²) in [6.07, 6.45) is 3.08. The minimum atomic E-state index is -0.423. The quantitative estimate of drug-likeness (QED) is 0.620. The molecule has 3 rings (SSSR count). The molecule has 1 aliphatic heterocycles. The van der Waals surface area contributed by atoms with E-state index in [-0.39, 0.29) is 11.6 Å². The van der Waals surface area contributed by atoms with E-state index in [1.165, 1.54) is 6.20 Å². The first-order valence-corrected chi connectivity index (χ1v) is 7.82. The largest absolute Gasteiger partial charge is 0.356 e. The van der Waals surface area contributed by atoms with Crippen LogP contribution in [0.15, 0.2) is 16.8 Å². The summed E-state index contributed by atoms with van der Waals surface area (Å²) in [5.41, 5.74) is 0.837. The summed E-state index contributed by atoms with van der Waals surface area (Å²) in [7, 11) is 3.75. The average molecular weight is 332 g/mol. The number of hydrogen-bond acceptors (Lipinski definition) is 8. The Bertz CT molecular complexity index is 737. The number of aromatic nitrogens is 3. The van der Waals surface area contributed by atoms with Crippen LogP contribution in [-0.4, -0.2) is 47.2 Å². The lowest BCUT2D eigenvalue weighted by molar-refractivity contribution is -0.385. The van der Waals surface area contributed by atoms with Gasteiger partial charge in [0.25, 0.3) is 11.6 Å². The van der Waals surface area contributed by atoms with Crippen molar-refractivity contribution >= 4 is 17.5 Å². The van der Waals surface area contributed by atoms with Gasteiger partial charge in [-0.2, -0.15) is 4.98 Å². The van der Waals surface area contributed by atoms with Crippen molar-refractivity contribution in [1.82, 2.24) is 15.1 Å². The summed E-state index contributed by atoms with van der Waals surface area (Å²) in [5, 5.41) is 14.8. The Hall–Kier alpha value is -2.71. The Morgan fingerprint density at radius 3 is 2.62 bits per heavy atom. The van der Waals surface area contributed by atoms with Crippen LogP contribution >= 0.6 is 0 Å². The van der Waals surface area contributed by atoms with Crippen molar-refractivity contribution in [2.24, 2.45) is 0 Å². The van der Waals surface area contributed by atoms with Gasteiger partial charge in [-0.15, -0.1) is 0 Å². The van der Waals surface area contributed by atoms with Crippen molar-refractivity contribution in [2.75, 3.05) is 37.0 Å². The number of pyridine rings is 1. The molecule has 0 radical (unpaired) electrons. The zero-order valence-corrected chi connectivity index (χ0v) is 14.0. The molecule has 128 valence electrons. The molecule has 2 aromatic heterocycles. The molecule has 0 aromatic carbocycles. The van der Waals surface area contributed by atoms with Gasteiger partial charge in [0, 0.05) is 39.2 Å². The number of piperidine rings is 1. The number of aryl methyl sites for hydroxylation is 1. The van der Waals surface area contributed by atoms with E-state index in [0.717, 1.165) is 37.3 Å². The van der Waals surface area contributed by atoms with Crippen LogP contribution in [0, 0.1) is 17.0 Å². The molecular formula is C15H20N6O3. The summed E-state index contributed by atoms with van der Waals surface area (Å²) in [4.78, 5) is 23.0. The predicted octanol–water partition coefficient (Wildman–Crippen LogP) is 2.13. The molecule has 0 unspecified atom stereocenters. The predicted molar refractivity (Wildman–Crippen MR) is 88.4 cm³/mol. The lowest BCUT2D eigenvalue weighted by atomic mass is 9.96. The van der Waals surface area contributed by atoms with Crippen LogP contribution in [0.2, 0.25) is 0 Å². The molecule has 2 aromatic rings. The highest BCUT2D eigenvalue weighted by Gasteiger charge is 2.27. The monoisotopic (exact) mass is 332 g/mol. The summed E-state index contributed by atoms with van der Waals surface area (Å²) < 4.78 is 5.36. The van der Waals surface area contributed by atoms with Gasteiger partial charge in [0.1, 0.15) is 12.0 Å². The summed E-state index contributed by atoms with van der Waals surface area (Å²) >= 11 is 0. The van der Waals surface area contributed by atoms with E-state index in [9.17, 15) is 10.1 Å². The third-order valence-electron chi connectivity index (χ3n) is 4.22. The summed E-state index contributed by atoms with van der Waals surface area (Å²) in [5.74, 6) is 2.30. The maximum atomic E-state index is 10.8. The number of anilines is 2. The molecule has 0 amide bonds. The van der Waals surface area contributed by atoms with E-state index in [1.54, 1.807) is 6.07 Å². The maximum absolute atomic E-state index is 10.8. The van der Waals surface area contributed by atoms with Gasteiger partial charge in [0.15, 0.2) is 0 Å². The van der Waals surface area contributed by atoms with Crippen LogP contribution < -0.4 is 9.80 Å². The van der Waals surface area contributed by atoms with Crippen molar-refractivity contribution in [1.29, 1.82) is 0 Å². The van der Waals surface area contributed by atoms with E-state index < -0.39 is 4.92 Å². The Labute approximate surface area is 139 Å². The van der Waals surface area contributed by atoms with Gasteiger partial charge >= 0.3 is 0 Å². The Morgan fingerprint density at radius 2 is 2.08 bits per heavy atom. The van der Waals surface area contributed by atoms with Crippen molar-refractivity contribution < 1.29 is 9.45 Å². The molecule has 0 spiro atoms. The molecule has 1 saturated heterocycles. The van der Waals surface area contributed by atoms with E-state index in [1.807, 2.05) is 25.9 Å². The molecule has 1 aliphatic rings. The van der Waals surface area contributed by atoms with Crippen LogP contribution in [0.4, 0.5) is 17.5 Å². The highest BCUT2D eigenvalue weighted by molar-refractivity contribution is 5.50. The van der Waals surface area contributed by atoms with Crippen molar-refractivity contribution in [3.05, 3.63) is 33.8 Å². The molecule has 0 saturated carbocycles. The fraction of sp³-hybridized carbons (Fsp3) is 0.533. The SMILES string of the molecule is Cc1cc([N+](=O)[O-])cnc1N1CCC(c2nc(N(C)C)no2)CC1. The third kappa shape index (κ3) is 3.15. The minimum absolute atomic E-state index is 0.0215. The Balaban J connectivity index is 1.67. The highest BCUT2D eigenvalue weighted by Crippen LogP contribution is 2.31. The molecule has 24 heavy (non-hydrogen) atoms.